The molecule has 6 nitrogen and oxygen atoms in total. The maximum absolute atomic E-state index is 12.2. The Labute approximate surface area is 128 Å². The zero-order valence-corrected chi connectivity index (χ0v) is 13.0. The van der Waals surface area contributed by atoms with Gasteiger partial charge in [-0.1, -0.05) is 0 Å². The summed E-state index contributed by atoms with van der Waals surface area (Å²) in [7, 11) is 0. The number of nitrogens with zero attached hydrogens (tertiary/aromatic N) is 3. The summed E-state index contributed by atoms with van der Waals surface area (Å²) in [5.41, 5.74) is 1.06. The van der Waals surface area contributed by atoms with Crippen LogP contribution in [0.1, 0.15) is 30.3 Å². The molecule has 3 rings (SSSR count). The molecule has 1 aromatic rings. The van der Waals surface area contributed by atoms with Crippen molar-refractivity contribution in [2.24, 2.45) is 0 Å². The van der Waals surface area contributed by atoms with Crippen molar-refractivity contribution in [1.29, 1.82) is 0 Å². The van der Waals surface area contributed by atoms with Crippen LogP contribution in [0.4, 0.5) is 5.13 Å². The maximum atomic E-state index is 12.2. The molecule has 0 spiro atoms. The van der Waals surface area contributed by atoms with Crippen molar-refractivity contribution in [3.05, 3.63) is 10.6 Å². The lowest BCUT2D eigenvalue weighted by Gasteiger charge is -2.27. The average molecular weight is 308 g/mol. The predicted octanol–water partition coefficient (Wildman–Crippen LogP) is 1.08. The highest BCUT2D eigenvalue weighted by atomic mass is 32.1. The molecule has 1 N–H and O–H groups in total. The van der Waals surface area contributed by atoms with E-state index in [-0.39, 0.29) is 11.8 Å². The first-order valence-corrected chi connectivity index (χ1v) is 8.20. The summed E-state index contributed by atoms with van der Waals surface area (Å²) in [5, 5.41) is 3.40. The molecule has 2 aliphatic rings. The number of hydrogen-bond acceptors (Lipinski definition) is 5. The molecule has 2 amide bonds. The van der Waals surface area contributed by atoms with Gasteiger partial charge in [-0.25, -0.2) is 4.98 Å². The zero-order chi connectivity index (χ0) is 14.8. The Kier molecular flexibility index (Phi) is 4.21. The van der Waals surface area contributed by atoms with Crippen LogP contribution in [-0.2, 0) is 22.6 Å². The first kappa shape index (κ1) is 14.5. The van der Waals surface area contributed by atoms with E-state index in [1.54, 1.807) is 0 Å². The summed E-state index contributed by atoms with van der Waals surface area (Å²) in [5.74, 6) is 0.143. The number of aromatic nitrogens is 1. The van der Waals surface area contributed by atoms with E-state index in [4.69, 9.17) is 0 Å². The second-order valence-electron chi connectivity index (χ2n) is 5.62. The van der Waals surface area contributed by atoms with Crippen molar-refractivity contribution in [3.63, 3.8) is 0 Å². The van der Waals surface area contributed by atoms with Crippen molar-refractivity contribution >= 4 is 28.3 Å². The number of thiazole rings is 1. The van der Waals surface area contributed by atoms with Crippen molar-refractivity contribution in [2.45, 2.75) is 32.7 Å². The Hall–Kier alpha value is -1.47. The van der Waals surface area contributed by atoms with E-state index in [1.807, 2.05) is 4.90 Å². The van der Waals surface area contributed by atoms with Crippen LogP contribution < -0.4 is 5.32 Å². The lowest BCUT2D eigenvalue weighted by molar-refractivity contribution is -0.131. The fourth-order valence-corrected chi connectivity index (χ4v) is 3.94. The molecule has 0 unspecified atom stereocenters. The molecule has 1 aromatic heterocycles. The van der Waals surface area contributed by atoms with Gasteiger partial charge < -0.3 is 10.2 Å². The average Bonchev–Trinajstić information content (AvgIpc) is 3.05. The van der Waals surface area contributed by atoms with Crippen LogP contribution in [0.5, 0.6) is 0 Å². The molecule has 114 valence electrons. The minimum atomic E-state index is -0.0952. The van der Waals surface area contributed by atoms with E-state index in [2.05, 4.69) is 15.2 Å². The Morgan fingerprint density at radius 1 is 1.29 bits per heavy atom. The third-order valence-corrected chi connectivity index (χ3v) is 4.91. The van der Waals surface area contributed by atoms with E-state index in [0.29, 0.717) is 11.7 Å². The molecule has 0 bridgehead atoms. The number of carbonyl (C=O) groups is 2. The molecule has 3 heterocycles. The molecule has 1 fully saturated rings. The van der Waals surface area contributed by atoms with E-state index < -0.39 is 0 Å². The molecule has 1 saturated heterocycles. The summed E-state index contributed by atoms with van der Waals surface area (Å²) in [6.45, 7) is 5.41. The highest BCUT2D eigenvalue weighted by Crippen LogP contribution is 2.28. The molecule has 0 saturated carbocycles. The molecule has 0 atom stereocenters. The molecule has 21 heavy (non-hydrogen) atoms. The second kappa shape index (κ2) is 6.11. The zero-order valence-electron chi connectivity index (χ0n) is 12.2. The quantitative estimate of drug-likeness (QED) is 0.907. The standard InChI is InChI=1S/C14H20N4O2S/c1-10(19)15-14-16-11-4-7-17(8-12(11)21-14)9-13(20)18-5-2-3-6-18/h2-9H2,1H3,(H,15,16,19). The normalized spacial score (nSPS) is 18.6. The van der Waals surface area contributed by atoms with Crippen molar-refractivity contribution < 1.29 is 9.59 Å². The smallest absolute Gasteiger partial charge is 0.236 e. The highest BCUT2D eigenvalue weighted by Gasteiger charge is 2.25. The predicted molar refractivity (Wildman–Crippen MR) is 81.2 cm³/mol. The van der Waals surface area contributed by atoms with Crippen LogP contribution in [0.3, 0.4) is 0 Å². The summed E-state index contributed by atoms with van der Waals surface area (Å²) < 4.78 is 0. The third kappa shape index (κ3) is 3.41. The van der Waals surface area contributed by atoms with Crippen LogP contribution in [0, 0.1) is 0 Å². The molecule has 0 aromatic carbocycles. The fraction of sp³-hybridized carbons (Fsp3) is 0.643. The summed E-state index contributed by atoms with van der Waals surface area (Å²) in [6.07, 6.45) is 3.11. The highest BCUT2D eigenvalue weighted by molar-refractivity contribution is 7.15. The number of nitrogens with one attached hydrogen (secondary N) is 1. The van der Waals surface area contributed by atoms with Crippen molar-refractivity contribution in [2.75, 3.05) is 31.5 Å². The Morgan fingerprint density at radius 3 is 2.76 bits per heavy atom. The summed E-state index contributed by atoms with van der Waals surface area (Å²) in [4.78, 5) is 33.0. The molecular weight excluding hydrogens is 288 g/mol. The van der Waals surface area contributed by atoms with Crippen LogP contribution in [-0.4, -0.2) is 52.8 Å². The first-order valence-electron chi connectivity index (χ1n) is 7.38. The Morgan fingerprint density at radius 2 is 2.05 bits per heavy atom. The Bertz CT molecular complexity index is 551. The van der Waals surface area contributed by atoms with E-state index >= 15 is 0 Å². The lowest BCUT2D eigenvalue weighted by atomic mass is 10.2. The van der Waals surface area contributed by atoms with Gasteiger partial charge in [0, 0.05) is 44.4 Å². The topological polar surface area (TPSA) is 65.5 Å². The van der Waals surface area contributed by atoms with E-state index in [0.717, 1.165) is 51.1 Å². The van der Waals surface area contributed by atoms with Gasteiger partial charge in [0.05, 0.1) is 12.2 Å². The molecular formula is C14H20N4O2S. The molecule has 7 heteroatoms. The largest absolute Gasteiger partial charge is 0.342 e. The monoisotopic (exact) mass is 308 g/mol. The van der Waals surface area contributed by atoms with Crippen LogP contribution in [0.15, 0.2) is 0 Å². The van der Waals surface area contributed by atoms with Gasteiger partial charge in [-0.2, -0.15) is 0 Å². The lowest BCUT2D eigenvalue weighted by Crippen LogP contribution is -2.40. The van der Waals surface area contributed by atoms with Crippen LogP contribution >= 0.6 is 11.3 Å². The minimum absolute atomic E-state index is 0.0952. The van der Waals surface area contributed by atoms with E-state index in [9.17, 15) is 9.59 Å². The fourth-order valence-electron chi connectivity index (χ4n) is 2.85. The van der Waals surface area contributed by atoms with Crippen LogP contribution in [0.25, 0.3) is 0 Å². The number of rotatable bonds is 3. The summed E-state index contributed by atoms with van der Waals surface area (Å²) >= 11 is 1.52. The summed E-state index contributed by atoms with van der Waals surface area (Å²) in [6, 6.07) is 0. The number of anilines is 1. The Balaban J connectivity index is 1.60. The van der Waals surface area contributed by atoms with Gasteiger partial charge in [0.15, 0.2) is 5.13 Å². The SMILES string of the molecule is CC(=O)Nc1nc2c(s1)CN(CC(=O)N1CCCC1)CC2. The van der Waals surface area contributed by atoms with Gasteiger partial charge in [0.2, 0.25) is 11.8 Å². The molecule has 0 aliphatic carbocycles. The van der Waals surface area contributed by atoms with Gasteiger partial charge in [0.1, 0.15) is 0 Å². The molecule has 2 aliphatic heterocycles. The number of amides is 2. The maximum Gasteiger partial charge on any atom is 0.236 e. The van der Waals surface area contributed by atoms with Crippen molar-refractivity contribution in [1.82, 2.24) is 14.8 Å². The minimum Gasteiger partial charge on any atom is -0.342 e. The van der Waals surface area contributed by atoms with Gasteiger partial charge in [-0.15, -0.1) is 11.3 Å². The number of likely N-dealkylation sites (tertiary alicyclic amines) is 1. The van der Waals surface area contributed by atoms with Gasteiger partial charge in [-0.05, 0) is 12.8 Å². The van der Waals surface area contributed by atoms with Gasteiger partial charge >= 0.3 is 0 Å². The number of fused-ring (bicyclic) bond motifs is 1. The molecule has 0 radical (unpaired) electrons. The third-order valence-electron chi connectivity index (χ3n) is 3.91. The number of hydrogen-bond donors (Lipinski definition) is 1. The van der Waals surface area contributed by atoms with Crippen LogP contribution in [0.2, 0.25) is 0 Å². The van der Waals surface area contributed by atoms with E-state index in [1.165, 1.54) is 23.1 Å². The first-order chi connectivity index (χ1) is 10.1. The van der Waals surface area contributed by atoms with Gasteiger partial charge in [0.25, 0.3) is 0 Å². The second-order valence-corrected chi connectivity index (χ2v) is 6.70. The van der Waals surface area contributed by atoms with Gasteiger partial charge in [-0.3, -0.25) is 14.5 Å². The van der Waals surface area contributed by atoms with Crippen molar-refractivity contribution in [3.8, 4) is 0 Å². The number of carbonyl (C=O) groups excluding carboxylic acids is 2.